The lowest BCUT2D eigenvalue weighted by molar-refractivity contribution is 0.102. The number of nitrogens with one attached hydrogen (secondary N) is 1. The van der Waals surface area contributed by atoms with Crippen molar-refractivity contribution >= 4 is 34.8 Å². The minimum atomic E-state index is -0.434. The van der Waals surface area contributed by atoms with Crippen molar-refractivity contribution in [2.75, 3.05) is 5.32 Å². The summed E-state index contributed by atoms with van der Waals surface area (Å²) in [5, 5.41) is 3.04. The lowest BCUT2D eigenvalue weighted by atomic mass is 10.2. The standard InChI is InChI=1S/C14H10Cl2FNO/c1-8-5-6-9(7-12(8)17)18-14(19)10-3-2-4-11(15)13(10)16/h2-7H,1H3,(H,18,19). The molecule has 0 saturated carbocycles. The first-order valence-corrected chi connectivity index (χ1v) is 6.26. The number of anilines is 1. The first-order chi connectivity index (χ1) is 8.99. The van der Waals surface area contributed by atoms with Crippen LogP contribution < -0.4 is 5.32 Å². The van der Waals surface area contributed by atoms with Crippen molar-refractivity contribution in [3.05, 3.63) is 63.4 Å². The average Bonchev–Trinajstić information content (AvgIpc) is 2.37. The quantitative estimate of drug-likeness (QED) is 0.856. The topological polar surface area (TPSA) is 29.1 Å². The van der Waals surface area contributed by atoms with Crippen LogP contribution in [0, 0.1) is 12.7 Å². The molecular formula is C14H10Cl2FNO. The Kier molecular flexibility index (Phi) is 4.08. The molecule has 0 atom stereocenters. The van der Waals surface area contributed by atoms with E-state index in [-0.39, 0.29) is 16.4 Å². The molecular weight excluding hydrogens is 288 g/mol. The van der Waals surface area contributed by atoms with Crippen molar-refractivity contribution in [3.8, 4) is 0 Å². The molecule has 0 aromatic heterocycles. The van der Waals surface area contributed by atoms with Gasteiger partial charge in [0.2, 0.25) is 0 Å². The molecule has 2 aromatic rings. The van der Waals surface area contributed by atoms with E-state index < -0.39 is 5.91 Å². The third-order valence-electron chi connectivity index (χ3n) is 2.63. The highest BCUT2D eigenvalue weighted by molar-refractivity contribution is 6.44. The van der Waals surface area contributed by atoms with Crippen molar-refractivity contribution in [2.45, 2.75) is 6.92 Å². The molecule has 2 nitrogen and oxygen atoms in total. The van der Waals surface area contributed by atoms with Crippen LogP contribution in [0.3, 0.4) is 0 Å². The number of carbonyl (C=O) groups excluding carboxylic acids is 1. The molecule has 19 heavy (non-hydrogen) atoms. The number of carbonyl (C=O) groups is 1. The Morgan fingerprint density at radius 2 is 1.95 bits per heavy atom. The van der Waals surface area contributed by atoms with E-state index in [0.29, 0.717) is 16.3 Å². The van der Waals surface area contributed by atoms with E-state index in [1.54, 1.807) is 37.3 Å². The Balaban J connectivity index is 2.26. The van der Waals surface area contributed by atoms with Crippen molar-refractivity contribution in [2.24, 2.45) is 0 Å². The summed E-state index contributed by atoms with van der Waals surface area (Å²) in [5.74, 6) is -0.814. The van der Waals surface area contributed by atoms with Gasteiger partial charge in [-0.25, -0.2) is 4.39 Å². The van der Waals surface area contributed by atoms with Gasteiger partial charge in [0, 0.05) is 5.69 Å². The number of aryl methyl sites for hydroxylation is 1. The first-order valence-electron chi connectivity index (χ1n) is 5.50. The highest BCUT2D eigenvalue weighted by Crippen LogP contribution is 2.26. The second kappa shape index (κ2) is 5.59. The Bertz CT molecular complexity index is 643. The van der Waals surface area contributed by atoms with E-state index in [1.807, 2.05) is 0 Å². The predicted molar refractivity (Wildman–Crippen MR) is 75.6 cm³/mol. The van der Waals surface area contributed by atoms with Gasteiger partial charge in [0.05, 0.1) is 15.6 Å². The highest BCUT2D eigenvalue weighted by atomic mass is 35.5. The third kappa shape index (κ3) is 3.06. The molecule has 0 saturated heterocycles. The van der Waals surface area contributed by atoms with Gasteiger partial charge < -0.3 is 5.32 Å². The van der Waals surface area contributed by atoms with E-state index in [0.717, 1.165) is 0 Å². The molecule has 1 amide bonds. The van der Waals surface area contributed by atoms with E-state index >= 15 is 0 Å². The predicted octanol–water partition coefficient (Wildman–Crippen LogP) is 4.69. The average molecular weight is 298 g/mol. The summed E-state index contributed by atoms with van der Waals surface area (Å²) in [6, 6.07) is 9.23. The lowest BCUT2D eigenvalue weighted by Crippen LogP contribution is -2.12. The zero-order valence-electron chi connectivity index (χ0n) is 10.0. The van der Waals surface area contributed by atoms with E-state index in [1.165, 1.54) is 6.07 Å². The molecule has 2 aromatic carbocycles. The number of hydrogen-bond acceptors (Lipinski definition) is 1. The fraction of sp³-hybridized carbons (Fsp3) is 0.0714. The largest absolute Gasteiger partial charge is 0.322 e. The second-order valence-electron chi connectivity index (χ2n) is 4.02. The van der Waals surface area contributed by atoms with Gasteiger partial charge in [0.25, 0.3) is 5.91 Å². The van der Waals surface area contributed by atoms with Gasteiger partial charge >= 0.3 is 0 Å². The molecule has 0 aliphatic carbocycles. The summed E-state index contributed by atoms with van der Waals surface area (Å²) in [6.07, 6.45) is 0. The van der Waals surface area contributed by atoms with Crippen molar-refractivity contribution in [1.29, 1.82) is 0 Å². The third-order valence-corrected chi connectivity index (χ3v) is 3.44. The molecule has 0 aliphatic heterocycles. The van der Waals surface area contributed by atoms with E-state index in [4.69, 9.17) is 23.2 Å². The minimum Gasteiger partial charge on any atom is -0.322 e. The Labute approximate surface area is 120 Å². The van der Waals surface area contributed by atoms with Crippen LogP contribution in [0.5, 0.6) is 0 Å². The van der Waals surface area contributed by atoms with Gasteiger partial charge in [-0.2, -0.15) is 0 Å². The molecule has 1 N–H and O–H groups in total. The van der Waals surface area contributed by atoms with Crippen LogP contribution in [0.4, 0.5) is 10.1 Å². The number of halogens is 3. The van der Waals surface area contributed by atoms with Gasteiger partial charge in [-0.3, -0.25) is 4.79 Å². The fourth-order valence-electron chi connectivity index (χ4n) is 1.55. The van der Waals surface area contributed by atoms with Gasteiger partial charge in [0.15, 0.2) is 0 Å². The summed E-state index contributed by atoms with van der Waals surface area (Å²) >= 11 is 11.8. The fourth-order valence-corrected chi connectivity index (χ4v) is 1.93. The highest BCUT2D eigenvalue weighted by Gasteiger charge is 2.13. The number of rotatable bonds is 2. The van der Waals surface area contributed by atoms with Crippen LogP contribution in [0.15, 0.2) is 36.4 Å². The normalized spacial score (nSPS) is 10.3. The molecule has 0 radical (unpaired) electrons. The monoisotopic (exact) mass is 297 g/mol. The summed E-state index contributed by atoms with van der Waals surface area (Å²) in [4.78, 5) is 12.0. The Morgan fingerprint density at radius 1 is 1.21 bits per heavy atom. The molecule has 98 valence electrons. The maximum atomic E-state index is 13.4. The summed E-state index contributed by atoms with van der Waals surface area (Å²) < 4.78 is 13.4. The Morgan fingerprint density at radius 3 is 2.63 bits per heavy atom. The number of benzene rings is 2. The summed E-state index contributed by atoms with van der Waals surface area (Å²) in [6.45, 7) is 1.65. The van der Waals surface area contributed by atoms with Crippen molar-refractivity contribution in [1.82, 2.24) is 0 Å². The van der Waals surface area contributed by atoms with Crippen molar-refractivity contribution in [3.63, 3.8) is 0 Å². The Hall–Kier alpha value is -1.58. The minimum absolute atomic E-state index is 0.175. The first kappa shape index (κ1) is 13.8. The molecule has 5 heteroatoms. The summed E-state index contributed by atoms with van der Waals surface area (Å²) in [7, 11) is 0. The van der Waals surface area contributed by atoms with Crippen LogP contribution in [-0.4, -0.2) is 5.91 Å². The van der Waals surface area contributed by atoms with E-state index in [9.17, 15) is 9.18 Å². The van der Waals surface area contributed by atoms with Gasteiger partial charge in [-0.15, -0.1) is 0 Å². The van der Waals surface area contributed by atoms with Gasteiger partial charge in [-0.1, -0.05) is 35.3 Å². The smallest absolute Gasteiger partial charge is 0.257 e. The molecule has 0 heterocycles. The maximum absolute atomic E-state index is 13.4. The molecule has 2 rings (SSSR count). The second-order valence-corrected chi connectivity index (χ2v) is 4.80. The zero-order valence-corrected chi connectivity index (χ0v) is 11.5. The molecule has 0 spiro atoms. The maximum Gasteiger partial charge on any atom is 0.257 e. The van der Waals surface area contributed by atoms with Crippen LogP contribution in [0.1, 0.15) is 15.9 Å². The van der Waals surface area contributed by atoms with Gasteiger partial charge in [-0.05, 0) is 36.8 Å². The number of amides is 1. The number of hydrogen-bond donors (Lipinski definition) is 1. The van der Waals surface area contributed by atoms with Crippen LogP contribution in [0.25, 0.3) is 0 Å². The van der Waals surface area contributed by atoms with E-state index in [2.05, 4.69) is 5.32 Å². The summed E-state index contributed by atoms with van der Waals surface area (Å²) in [5.41, 5.74) is 1.12. The van der Waals surface area contributed by atoms with Crippen LogP contribution in [-0.2, 0) is 0 Å². The van der Waals surface area contributed by atoms with Gasteiger partial charge in [0.1, 0.15) is 5.82 Å². The lowest BCUT2D eigenvalue weighted by Gasteiger charge is -2.08. The molecule has 0 unspecified atom stereocenters. The SMILES string of the molecule is Cc1ccc(NC(=O)c2cccc(Cl)c2Cl)cc1F. The van der Waals surface area contributed by atoms with Crippen molar-refractivity contribution < 1.29 is 9.18 Å². The molecule has 0 bridgehead atoms. The zero-order chi connectivity index (χ0) is 14.0. The van der Waals surface area contributed by atoms with Crippen LogP contribution >= 0.6 is 23.2 Å². The molecule has 0 fully saturated rings. The molecule has 0 aliphatic rings. The van der Waals surface area contributed by atoms with Crippen LogP contribution in [0.2, 0.25) is 10.0 Å².